The maximum atomic E-state index is 12.3. The van der Waals surface area contributed by atoms with Crippen LogP contribution in [-0.2, 0) is 27.4 Å². The Labute approximate surface area is 202 Å². The Kier molecular flexibility index (Phi) is 7.39. The van der Waals surface area contributed by atoms with Crippen LogP contribution in [-0.4, -0.2) is 50.7 Å². The average molecular weight is 478 g/mol. The van der Waals surface area contributed by atoms with Crippen LogP contribution >= 0.6 is 0 Å². The third-order valence-corrected chi connectivity index (χ3v) is 5.86. The highest BCUT2D eigenvalue weighted by Gasteiger charge is 2.29. The van der Waals surface area contributed by atoms with Gasteiger partial charge in [0.2, 0.25) is 5.91 Å². The number of aliphatic carboxylic acids is 1. The van der Waals surface area contributed by atoms with Gasteiger partial charge in [-0.3, -0.25) is 4.79 Å². The van der Waals surface area contributed by atoms with Crippen molar-refractivity contribution in [3.05, 3.63) is 71.5 Å². The van der Waals surface area contributed by atoms with E-state index in [0.29, 0.717) is 18.5 Å². The number of carbonyl (C=O) groups excluding carboxylic acids is 2. The Morgan fingerprint density at radius 2 is 1.74 bits per heavy atom. The van der Waals surface area contributed by atoms with Crippen molar-refractivity contribution in [1.29, 1.82) is 0 Å². The number of amides is 2. The van der Waals surface area contributed by atoms with Crippen LogP contribution in [0, 0.1) is 0 Å². The first kappa shape index (κ1) is 23.9. The molecule has 0 unspecified atom stereocenters. The van der Waals surface area contributed by atoms with Crippen molar-refractivity contribution >= 4 is 18.0 Å². The van der Waals surface area contributed by atoms with Crippen molar-refractivity contribution in [3.63, 3.8) is 0 Å². The van der Waals surface area contributed by atoms with Crippen LogP contribution in [0.3, 0.4) is 0 Å². The van der Waals surface area contributed by atoms with Crippen LogP contribution in [0.1, 0.15) is 42.5 Å². The summed E-state index contributed by atoms with van der Waals surface area (Å²) in [5.74, 6) is -1.59. The van der Waals surface area contributed by atoms with Crippen LogP contribution in [0.15, 0.2) is 54.7 Å². The Morgan fingerprint density at radius 3 is 2.37 bits per heavy atom. The molecule has 0 radical (unpaired) electrons. The maximum Gasteiger partial charge on any atom is 0.407 e. The zero-order valence-corrected chi connectivity index (χ0v) is 19.3. The van der Waals surface area contributed by atoms with E-state index in [4.69, 9.17) is 9.84 Å². The van der Waals surface area contributed by atoms with Crippen LogP contribution in [0.5, 0.6) is 0 Å². The lowest BCUT2D eigenvalue weighted by molar-refractivity contribution is -0.142. The lowest BCUT2D eigenvalue weighted by atomic mass is 9.98. The summed E-state index contributed by atoms with van der Waals surface area (Å²) in [6, 6.07) is 15.3. The molecule has 35 heavy (non-hydrogen) atoms. The minimum atomic E-state index is -1.08. The minimum absolute atomic E-state index is 0.0325. The molecule has 2 aromatic carbocycles. The summed E-state index contributed by atoms with van der Waals surface area (Å²) in [7, 11) is 0. The number of nitrogens with zero attached hydrogens (tertiary/aromatic N) is 3. The SMILES string of the molecule is CCC[C@@H](NC(=O)Cn1cc(CNC(=O)OCC2c3ccccc3-c3ccccc32)nn1)C(=O)O. The molecule has 1 heterocycles. The monoisotopic (exact) mass is 477 g/mol. The smallest absolute Gasteiger partial charge is 0.407 e. The van der Waals surface area contributed by atoms with Crippen molar-refractivity contribution in [1.82, 2.24) is 25.6 Å². The molecule has 0 aliphatic heterocycles. The van der Waals surface area contributed by atoms with Gasteiger partial charge in [0.05, 0.1) is 12.7 Å². The number of carboxylic acids is 1. The molecule has 1 aromatic heterocycles. The zero-order valence-electron chi connectivity index (χ0n) is 19.3. The average Bonchev–Trinajstić information content (AvgIpc) is 3.43. The van der Waals surface area contributed by atoms with Crippen LogP contribution in [0.2, 0.25) is 0 Å². The minimum Gasteiger partial charge on any atom is -0.480 e. The van der Waals surface area contributed by atoms with Crippen molar-refractivity contribution in [2.24, 2.45) is 0 Å². The highest BCUT2D eigenvalue weighted by atomic mass is 16.5. The van der Waals surface area contributed by atoms with Gasteiger partial charge in [0.15, 0.2) is 0 Å². The summed E-state index contributed by atoms with van der Waals surface area (Å²) in [5.41, 5.74) is 5.01. The Balaban J connectivity index is 1.27. The number of hydrogen-bond acceptors (Lipinski definition) is 6. The number of alkyl carbamates (subject to hydrolysis) is 1. The van der Waals surface area contributed by atoms with Crippen molar-refractivity contribution in [3.8, 4) is 11.1 Å². The number of hydrogen-bond donors (Lipinski definition) is 3. The van der Waals surface area contributed by atoms with Gasteiger partial charge in [0, 0.05) is 5.92 Å². The van der Waals surface area contributed by atoms with E-state index >= 15 is 0 Å². The number of carboxylic acid groups (broad SMARTS) is 1. The molecule has 4 rings (SSSR count). The second-order valence-corrected chi connectivity index (χ2v) is 8.33. The second kappa shape index (κ2) is 10.8. The number of aromatic nitrogens is 3. The van der Waals surface area contributed by atoms with Gasteiger partial charge in [0.25, 0.3) is 0 Å². The van der Waals surface area contributed by atoms with Gasteiger partial charge in [-0.2, -0.15) is 0 Å². The lowest BCUT2D eigenvalue weighted by Gasteiger charge is -2.14. The van der Waals surface area contributed by atoms with E-state index in [9.17, 15) is 14.4 Å². The summed E-state index contributed by atoms with van der Waals surface area (Å²) in [5, 5.41) is 22.1. The van der Waals surface area contributed by atoms with Gasteiger partial charge in [-0.05, 0) is 28.7 Å². The first-order chi connectivity index (χ1) is 17.0. The molecule has 0 bridgehead atoms. The van der Waals surface area contributed by atoms with Gasteiger partial charge in [-0.25, -0.2) is 14.3 Å². The third kappa shape index (κ3) is 5.65. The van der Waals surface area contributed by atoms with E-state index in [0.717, 1.165) is 22.3 Å². The summed E-state index contributed by atoms with van der Waals surface area (Å²) in [4.78, 5) is 35.6. The fraction of sp³-hybridized carbons (Fsp3) is 0.320. The molecule has 1 aliphatic rings. The van der Waals surface area contributed by atoms with E-state index in [1.165, 1.54) is 10.9 Å². The van der Waals surface area contributed by atoms with Crippen LogP contribution in [0.25, 0.3) is 11.1 Å². The summed E-state index contributed by atoms with van der Waals surface area (Å²) >= 11 is 0. The van der Waals surface area contributed by atoms with Crippen molar-refractivity contribution in [2.75, 3.05) is 6.61 Å². The highest BCUT2D eigenvalue weighted by molar-refractivity contribution is 5.83. The molecule has 1 aliphatic carbocycles. The molecule has 3 N–H and O–H groups in total. The summed E-state index contributed by atoms with van der Waals surface area (Å²) in [6.45, 7) is 1.95. The molecule has 2 amide bonds. The van der Waals surface area contributed by atoms with Crippen LogP contribution < -0.4 is 10.6 Å². The molecular formula is C25H27N5O5. The summed E-state index contributed by atoms with van der Waals surface area (Å²) < 4.78 is 6.78. The zero-order chi connectivity index (χ0) is 24.8. The highest BCUT2D eigenvalue weighted by Crippen LogP contribution is 2.44. The molecule has 0 fully saturated rings. The van der Waals surface area contributed by atoms with E-state index in [1.54, 1.807) is 0 Å². The molecule has 3 aromatic rings. The molecule has 0 saturated heterocycles. The summed E-state index contributed by atoms with van der Waals surface area (Å²) in [6.07, 6.45) is 1.90. The number of fused-ring (bicyclic) bond motifs is 3. The molecule has 0 saturated carbocycles. The van der Waals surface area contributed by atoms with Gasteiger partial charge < -0.3 is 20.5 Å². The maximum absolute atomic E-state index is 12.3. The van der Waals surface area contributed by atoms with Crippen molar-refractivity contribution in [2.45, 2.75) is 44.8 Å². The molecule has 0 spiro atoms. The largest absolute Gasteiger partial charge is 0.480 e. The first-order valence-corrected chi connectivity index (χ1v) is 11.5. The Hall–Kier alpha value is -4.21. The number of nitrogens with one attached hydrogen (secondary N) is 2. The molecule has 1 atom stereocenters. The van der Waals surface area contributed by atoms with E-state index in [-0.39, 0.29) is 25.6 Å². The van der Waals surface area contributed by atoms with E-state index < -0.39 is 24.0 Å². The first-order valence-electron chi connectivity index (χ1n) is 11.5. The van der Waals surface area contributed by atoms with Gasteiger partial charge in [-0.15, -0.1) is 5.10 Å². The number of rotatable bonds is 10. The predicted molar refractivity (Wildman–Crippen MR) is 126 cm³/mol. The van der Waals surface area contributed by atoms with E-state index in [1.807, 2.05) is 31.2 Å². The molecule has 10 nitrogen and oxygen atoms in total. The van der Waals surface area contributed by atoms with Gasteiger partial charge in [-0.1, -0.05) is 67.1 Å². The second-order valence-electron chi connectivity index (χ2n) is 8.33. The fourth-order valence-corrected chi connectivity index (χ4v) is 4.24. The fourth-order valence-electron chi connectivity index (χ4n) is 4.24. The Morgan fingerprint density at radius 1 is 1.09 bits per heavy atom. The number of benzene rings is 2. The standard InChI is InChI=1S/C25H27N5O5/c1-2-7-22(24(32)33)27-23(31)14-30-13-16(28-29-30)12-26-25(34)35-15-21-19-10-5-3-8-17(19)18-9-4-6-11-20(18)21/h3-6,8-11,13,21-22H,2,7,12,14-15H2,1H3,(H,26,34)(H,27,31)(H,32,33)/t22-/m1/s1. The molecule has 182 valence electrons. The van der Waals surface area contributed by atoms with Crippen LogP contribution in [0.4, 0.5) is 4.79 Å². The van der Waals surface area contributed by atoms with Gasteiger partial charge in [0.1, 0.15) is 24.9 Å². The van der Waals surface area contributed by atoms with E-state index in [2.05, 4.69) is 45.2 Å². The van der Waals surface area contributed by atoms with Gasteiger partial charge >= 0.3 is 12.1 Å². The quantitative estimate of drug-likeness (QED) is 0.408. The lowest BCUT2D eigenvalue weighted by Crippen LogP contribution is -2.42. The normalized spacial score (nSPS) is 12.9. The number of carbonyl (C=O) groups is 3. The topological polar surface area (TPSA) is 135 Å². The molecule has 10 heteroatoms. The predicted octanol–water partition coefficient (Wildman–Crippen LogP) is 2.69. The molecular weight excluding hydrogens is 450 g/mol. The number of ether oxygens (including phenoxy) is 1. The third-order valence-electron chi connectivity index (χ3n) is 5.86. The Bertz CT molecular complexity index is 1180. The van der Waals surface area contributed by atoms with Crippen molar-refractivity contribution < 1.29 is 24.2 Å².